The summed E-state index contributed by atoms with van der Waals surface area (Å²) < 4.78 is 4.85. The van der Waals surface area contributed by atoms with Crippen LogP contribution in [0.5, 0.6) is 0 Å². The smallest absolute Gasteiger partial charge is 0.239 e. The second-order valence-electron chi connectivity index (χ2n) is 6.17. The van der Waals surface area contributed by atoms with E-state index in [4.69, 9.17) is 10.5 Å². The van der Waals surface area contributed by atoms with E-state index in [1.807, 2.05) is 13.8 Å². The van der Waals surface area contributed by atoms with Crippen molar-refractivity contribution in [3.05, 3.63) is 0 Å². The van der Waals surface area contributed by atoms with Gasteiger partial charge in [0.25, 0.3) is 0 Å². The number of methoxy groups -OCH3 is 1. The molecule has 0 aliphatic rings. The molecule has 96 valence electrons. The molecule has 0 radical (unpaired) electrons. The number of amides is 1. The zero-order valence-electron chi connectivity index (χ0n) is 11.4. The van der Waals surface area contributed by atoms with E-state index in [0.717, 1.165) is 6.42 Å². The Balaban J connectivity index is 4.30. The Kier molecular flexibility index (Phi) is 5.42. The van der Waals surface area contributed by atoms with Crippen molar-refractivity contribution >= 4 is 5.91 Å². The van der Waals surface area contributed by atoms with Crippen molar-refractivity contribution in [2.75, 3.05) is 13.7 Å². The van der Waals surface area contributed by atoms with Crippen LogP contribution in [0.25, 0.3) is 0 Å². The summed E-state index contributed by atoms with van der Waals surface area (Å²) in [6.45, 7) is 10.7. The first-order valence-corrected chi connectivity index (χ1v) is 5.64. The lowest BCUT2D eigenvalue weighted by atomic mass is 9.81. The van der Waals surface area contributed by atoms with Gasteiger partial charge in [-0.05, 0) is 25.7 Å². The summed E-state index contributed by atoms with van der Waals surface area (Å²) in [6.07, 6.45) is 0.894. The molecule has 1 unspecified atom stereocenters. The minimum Gasteiger partial charge on any atom is -0.383 e. The Morgan fingerprint density at radius 2 is 1.81 bits per heavy atom. The fraction of sp³-hybridized carbons (Fsp3) is 0.917. The van der Waals surface area contributed by atoms with Crippen molar-refractivity contribution in [2.45, 2.75) is 52.6 Å². The third-order valence-corrected chi connectivity index (χ3v) is 2.12. The predicted octanol–water partition coefficient (Wildman–Crippen LogP) is 1.29. The predicted molar refractivity (Wildman–Crippen MR) is 66.1 cm³/mol. The van der Waals surface area contributed by atoms with Gasteiger partial charge in [0, 0.05) is 12.6 Å². The average Bonchev–Trinajstić information content (AvgIpc) is 1.98. The maximum atomic E-state index is 11.7. The van der Waals surface area contributed by atoms with Gasteiger partial charge in [-0.2, -0.15) is 0 Å². The van der Waals surface area contributed by atoms with Crippen molar-refractivity contribution in [3.8, 4) is 0 Å². The van der Waals surface area contributed by atoms with Crippen LogP contribution in [0.1, 0.15) is 41.0 Å². The highest BCUT2D eigenvalue weighted by molar-refractivity contribution is 5.82. The van der Waals surface area contributed by atoms with Crippen LogP contribution in [0.15, 0.2) is 0 Å². The van der Waals surface area contributed by atoms with Crippen LogP contribution < -0.4 is 11.1 Å². The molecule has 4 nitrogen and oxygen atoms in total. The van der Waals surface area contributed by atoms with Crippen LogP contribution in [-0.4, -0.2) is 31.2 Å². The minimum absolute atomic E-state index is 0.156. The first kappa shape index (κ1) is 15.4. The van der Waals surface area contributed by atoms with Gasteiger partial charge < -0.3 is 15.8 Å². The number of rotatable bonds is 5. The second-order valence-corrected chi connectivity index (χ2v) is 6.17. The van der Waals surface area contributed by atoms with Gasteiger partial charge >= 0.3 is 0 Å². The van der Waals surface area contributed by atoms with Gasteiger partial charge in [-0.1, -0.05) is 20.8 Å². The first-order valence-electron chi connectivity index (χ1n) is 5.64. The fourth-order valence-corrected chi connectivity index (χ4v) is 2.05. The molecular formula is C12H26N2O2. The van der Waals surface area contributed by atoms with E-state index in [1.165, 1.54) is 7.11 Å². The highest BCUT2D eigenvalue weighted by Crippen LogP contribution is 2.26. The van der Waals surface area contributed by atoms with Gasteiger partial charge in [-0.15, -0.1) is 0 Å². The largest absolute Gasteiger partial charge is 0.383 e. The zero-order chi connectivity index (χ0) is 13.0. The molecule has 4 heteroatoms. The van der Waals surface area contributed by atoms with E-state index in [1.54, 1.807) is 0 Å². The van der Waals surface area contributed by atoms with E-state index in [-0.39, 0.29) is 23.5 Å². The molecule has 0 heterocycles. The summed E-state index contributed by atoms with van der Waals surface area (Å²) in [5.41, 5.74) is 5.58. The standard InChI is InChI=1S/C12H26N2O2/c1-11(2,3)8-12(4,5)14-10(15)9(13)7-16-6/h9H,7-8,13H2,1-6H3,(H,14,15). The van der Waals surface area contributed by atoms with Gasteiger partial charge in [0.05, 0.1) is 6.61 Å². The molecular weight excluding hydrogens is 204 g/mol. The molecule has 16 heavy (non-hydrogen) atoms. The number of nitrogens with two attached hydrogens (primary N) is 1. The molecule has 0 aliphatic heterocycles. The molecule has 0 fully saturated rings. The monoisotopic (exact) mass is 230 g/mol. The van der Waals surface area contributed by atoms with Crippen molar-refractivity contribution < 1.29 is 9.53 Å². The van der Waals surface area contributed by atoms with Crippen molar-refractivity contribution in [3.63, 3.8) is 0 Å². The molecule has 0 saturated carbocycles. The molecule has 0 spiro atoms. The maximum Gasteiger partial charge on any atom is 0.239 e. The average molecular weight is 230 g/mol. The Hall–Kier alpha value is -0.610. The molecule has 0 aromatic rings. The molecule has 1 amide bonds. The number of carbonyl (C=O) groups is 1. The van der Waals surface area contributed by atoms with Gasteiger partial charge in [0.1, 0.15) is 6.04 Å². The van der Waals surface area contributed by atoms with Crippen LogP contribution >= 0.6 is 0 Å². The lowest BCUT2D eigenvalue weighted by molar-refractivity contribution is -0.125. The van der Waals surface area contributed by atoms with Crippen LogP contribution in [0.4, 0.5) is 0 Å². The SMILES string of the molecule is COCC(N)C(=O)NC(C)(C)CC(C)(C)C. The van der Waals surface area contributed by atoms with Crippen molar-refractivity contribution in [1.82, 2.24) is 5.32 Å². The number of carbonyl (C=O) groups excluding carboxylic acids is 1. The molecule has 0 saturated heterocycles. The third-order valence-electron chi connectivity index (χ3n) is 2.12. The zero-order valence-corrected chi connectivity index (χ0v) is 11.4. The Bertz CT molecular complexity index is 232. The van der Waals surface area contributed by atoms with E-state index in [9.17, 15) is 4.79 Å². The minimum atomic E-state index is -0.593. The highest BCUT2D eigenvalue weighted by Gasteiger charge is 2.28. The molecule has 1 atom stereocenters. The summed E-state index contributed by atoms with van der Waals surface area (Å²) in [5, 5.41) is 2.95. The topological polar surface area (TPSA) is 64.3 Å². The molecule has 0 aromatic heterocycles. The van der Waals surface area contributed by atoms with Crippen LogP contribution in [0.3, 0.4) is 0 Å². The van der Waals surface area contributed by atoms with Crippen LogP contribution in [-0.2, 0) is 9.53 Å². The van der Waals surface area contributed by atoms with Crippen molar-refractivity contribution in [2.24, 2.45) is 11.1 Å². The van der Waals surface area contributed by atoms with Crippen molar-refractivity contribution in [1.29, 1.82) is 0 Å². The molecule has 0 bridgehead atoms. The summed E-state index contributed by atoms with van der Waals surface area (Å²) in [4.78, 5) is 11.7. The van der Waals surface area contributed by atoms with E-state index in [2.05, 4.69) is 26.1 Å². The normalized spacial score (nSPS) is 14.7. The summed E-state index contributed by atoms with van der Waals surface area (Å²) in [7, 11) is 1.54. The van der Waals surface area contributed by atoms with E-state index in [0.29, 0.717) is 0 Å². The number of hydrogen-bond donors (Lipinski definition) is 2. The fourth-order valence-electron chi connectivity index (χ4n) is 2.05. The Labute approximate surface area is 98.9 Å². The lowest BCUT2D eigenvalue weighted by Gasteiger charge is -2.34. The molecule has 3 N–H and O–H groups in total. The van der Waals surface area contributed by atoms with Gasteiger partial charge in [0.2, 0.25) is 5.91 Å². The van der Waals surface area contributed by atoms with Crippen LogP contribution in [0.2, 0.25) is 0 Å². The lowest BCUT2D eigenvalue weighted by Crippen LogP contribution is -2.53. The molecule has 0 aliphatic carbocycles. The summed E-state index contributed by atoms with van der Waals surface area (Å²) in [5.74, 6) is -0.156. The molecule has 0 aromatic carbocycles. The number of hydrogen-bond acceptors (Lipinski definition) is 3. The first-order chi connectivity index (χ1) is 7.07. The molecule has 0 rings (SSSR count). The Morgan fingerprint density at radius 1 is 1.31 bits per heavy atom. The van der Waals surface area contributed by atoms with E-state index < -0.39 is 6.04 Å². The number of nitrogens with one attached hydrogen (secondary N) is 1. The number of ether oxygens (including phenoxy) is 1. The quantitative estimate of drug-likeness (QED) is 0.748. The van der Waals surface area contributed by atoms with Gasteiger partial charge in [0.15, 0.2) is 0 Å². The third kappa shape index (κ3) is 6.80. The highest BCUT2D eigenvalue weighted by atomic mass is 16.5. The van der Waals surface area contributed by atoms with Crippen LogP contribution in [0, 0.1) is 5.41 Å². The summed E-state index contributed by atoms with van der Waals surface area (Å²) in [6, 6.07) is -0.593. The maximum absolute atomic E-state index is 11.7. The Morgan fingerprint density at radius 3 is 2.19 bits per heavy atom. The van der Waals surface area contributed by atoms with E-state index >= 15 is 0 Å². The summed E-state index contributed by atoms with van der Waals surface area (Å²) >= 11 is 0. The second kappa shape index (κ2) is 5.64. The van der Waals surface area contributed by atoms with Gasteiger partial charge in [-0.3, -0.25) is 4.79 Å². The van der Waals surface area contributed by atoms with Gasteiger partial charge in [-0.25, -0.2) is 0 Å².